The predicted molar refractivity (Wildman–Crippen MR) is 216 cm³/mol. The fraction of sp³-hybridized carbons (Fsp3) is 0.750. The van der Waals surface area contributed by atoms with E-state index in [1.165, 1.54) is 83.5 Å². The minimum atomic E-state index is -1.58. The zero-order chi connectivity index (χ0) is 38.8. The summed E-state index contributed by atoms with van der Waals surface area (Å²) in [5, 5.41) is 54.0. The largest absolute Gasteiger partial charge is 0.394 e. The first-order valence-electron chi connectivity index (χ1n) is 21.0. The van der Waals surface area contributed by atoms with Crippen LogP contribution in [0.5, 0.6) is 0 Å². The van der Waals surface area contributed by atoms with Crippen molar-refractivity contribution in [3.05, 3.63) is 60.8 Å². The Bertz CT molecular complexity index is 1010. The zero-order valence-electron chi connectivity index (χ0n) is 33.2. The number of hydrogen-bond acceptors (Lipinski definition) is 8. The summed E-state index contributed by atoms with van der Waals surface area (Å²) in [6.45, 7) is 3.68. The van der Waals surface area contributed by atoms with Gasteiger partial charge in [0, 0.05) is 6.42 Å². The van der Waals surface area contributed by atoms with Crippen LogP contribution in [0.25, 0.3) is 0 Å². The third kappa shape index (κ3) is 25.6. The van der Waals surface area contributed by atoms with Gasteiger partial charge in [-0.3, -0.25) is 4.79 Å². The molecule has 1 saturated heterocycles. The van der Waals surface area contributed by atoms with E-state index < -0.39 is 49.5 Å². The fourth-order valence-corrected chi connectivity index (χ4v) is 6.15. The third-order valence-electron chi connectivity index (χ3n) is 9.59. The van der Waals surface area contributed by atoms with Gasteiger partial charge in [0.15, 0.2) is 6.29 Å². The van der Waals surface area contributed by atoms with Crippen LogP contribution in [0.2, 0.25) is 0 Å². The number of amides is 1. The molecule has 0 saturated carbocycles. The number of carbonyl (C=O) groups is 1. The molecule has 1 aliphatic heterocycles. The highest BCUT2D eigenvalue weighted by Crippen LogP contribution is 2.22. The van der Waals surface area contributed by atoms with Crippen LogP contribution in [0.4, 0.5) is 0 Å². The van der Waals surface area contributed by atoms with Crippen molar-refractivity contribution < 1.29 is 39.8 Å². The lowest BCUT2D eigenvalue weighted by Gasteiger charge is -2.40. The van der Waals surface area contributed by atoms with Crippen molar-refractivity contribution in [2.24, 2.45) is 0 Å². The number of unbranched alkanes of at least 4 members (excludes halogenated alkanes) is 15. The van der Waals surface area contributed by atoms with Crippen LogP contribution in [0.15, 0.2) is 60.8 Å². The highest BCUT2D eigenvalue weighted by molar-refractivity contribution is 5.76. The van der Waals surface area contributed by atoms with Crippen LogP contribution in [0.1, 0.15) is 155 Å². The molecule has 0 aromatic rings. The Labute approximate surface area is 322 Å². The van der Waals surface area contributed by atoms with Gasteiger partial charge < -0.3 is 40.3 Å². The van der Waals surface area contributed by atoms with Crippen LogP contribution < -0.4 is 5.32 Å². The second kappa shape index (κ2) is 34.4. The molecular formula is C44H77NO8. The number of rotatable bonds is 33. The minimum absolute atomic E-state index is 0.213. The molecule has 53 heavy (non-hydrogen) atoms. The molecule has 0 aromatic heterocycles. The molecule has 0 spiro atoms. The van der Waals surface area contributed by atoms with Crippen molar-refractivity contribution in [3.63, 3.8) is 0 Å². The van der Waals surface area contributed by atoms with Crippen molar-refractivity contribution in [2.45, 2.75) is 198 Å². The van der Waals surface area contributed by atoms with E-state index in [0.29, 0.717) is 6.42 Å². The Morgan fingerprint density at radius 3 is 1.68 bits per heavy atom. The average molecular weight is 748 g/mol. The van der Waals surface area contributed by atoms with Crippen molar-refractivity contribution >= 4 is 5.91 Å². The van der Waals surface area contributed by atoms with Crippen molar-refractivity contribution in [1.29, 1.82) is 0 Å². The Hall–Kier alpha value is -2.11. The quantitative estimate of drug-likeness (QED) is 0.0292. The first kappa shape index (κ1) is 48.9. The van der Waals surface area contributed by atoms with Gasteiger partial charge in [0.1, 0.15) is 24.4 Å². The SMILES string of the molecule is CCCCC/C=C\C/C=C\C/C=C\C/C=C\CCCC(=O)N[C@@H](CO[C@@H]1OC(CO)[C@H](O)[C@H](O)C1O)[C@H](O)/C=C/CCCCCCCCCCCCC. The molecule has 0 radical (unpaired) electrons. The molecule has 0 aromatic carbocycles. The number of nitrogens with one attached hydrogen (secondary N) is 1. The summed E-state index contributed by atoms with van der Waals surface area (Å²) in [7, 11) is 0. The molecule has 306 valence electrons. The maximum absolute atomic E-state index is 12.9. The van der Waals surface area contributed by atoms with Crippen LogP contribution in [0, 0.1) is 0 Å². The predicted octanol–water partition coefficient (Wildman–Crippen LogP) is 8.05. The molecule has 0 aliphatic carbocycles. The van der Waals surface area contributed by atoms with Gasteiger partial charge in [0.2, 0.25) is 5.91 Å². The fourth-order valence-electron chi connectivity index (χ4n) is 6.15. The molecule has 9 nitrogen and oxygen atoms in total. The second-order valence-corrected chi connectivity index (χ2v) is 14.4. The number of ether oxygens (including phenoxy) is 2. The molecule has 0 bridgehead atoms. The van der Waals surface area contributed by atoms with Gasteiger partial charge in [-0.15, -0.1) is 0 Å². The molecule has 9 heteroatoms. The molecule has 1 aliphatic rings. The number of allylic oxidation sites excluding steroid dienone is 9. The van der Waals surface area contributed by atoms with E-state index in [4.69, 9.17) is 9.47 Å². The van der Waals surface area contributed by atoms with E-state index in [2.05, 4.69) is 67.8 Å². The van der Waals surface area contributed by atoms with E-state index in [-0.39, 0.29) is 18.9 Å². The monoisotopic (exact) mass is 748 g/mol. The zero-order valence-corrected chi connectivity index (χ0v) is 33.2. The standard InChI is InChI=1S/C44H77NO8/c1-3-5-7-9-11-13-15-17-18-19-20-22-24-26-28-30-32-34-40(48)45-37(36-52-44-43(51)42(50)41(49)39(35-46)53-44)38(47)33-31-29-27-25-23-21-16-14-12-10-8-6-4-2/h11,13,17-18,20,22,26,28,31,33,37-39,41-44,46-47,49-51H,3-10,12,14-16,19,21,23-25,27,29-30,32,34-36H2,1-2H3,(H,45,48)/b13-11-,18-17-,22-20-,28-26-,33-31+/t37-,38+,39?,41-,42-,43?,44+/m0/s1. The molecule has 1 rings (SSSR count). The normalized spacial score (nSPS) is 22.3. The maximum Gasteiger partial charge on any atom is 0.220 e. The molecule has 1 amide bonds. The summed E-state index contributed by atoms with van der Waals surface area (Å²) in [6.07, 6.45) is 36.9. The maximum atomic E-state index is 12.9. The Balaban J connectivity index is 2.47. The summed E-state index contributed by atoms with van der Waals surface area (Å²) < 4.78 is 11.2. The summed E-state index contributed by atoms with van der Waals surface area (Å²) in [6, 6.07) is -0.833. The van der Waals surface area contributed by atoms with E-state index in [1.807, 2.05) is 6.08 Å². The van der Waals surface area contributed by atoms with Crippen LogP contribution in [-0.2, 0) is 14.3 Å². The van der Waals surface area contributed by atoms with E-state index in [0.717, 1.165) is 44.9 Å². The van der Waals surface area contributed by atoms with Gasteiger partial charge in [-0.2, -0.15) is 0 Å². The Morgan fingerprint density at radius 2 is 1.11 bits per heavy atom. The Kier molecular flexibility index (Phi) is 31.7. The van der Waals surface area contributed by atoms with Crippen LogP contribution in [-0.4, -0.2) is 87.5 Å². The van der Waals surface area contributed by atoms with E-state index in [1.54, 1.807) is 6.08 Å². The lowest BCUT2D eigenvalue weighted by molar-refractivity contribution is -0.302. The van der Waals surface area contributed by atoms with Gasteiger partial charge in [-0.05, 0) is 57.8 Å². The first-order chi connectivity index (χ1) is 25.8. The van der Waals surface area contributed by atoms with Crippen LogP contribution in [0.3, 0.4) is 0 Å². The highest BCUT2D eigenvalue weighted by atomic mass is 16.7. The topological polar surface area (TPSA) is 149 Å². The molecular weight excluding hydrogens is 670 g/mol. The van der Waals surface area contributed by atoms with Gasteiger partial charge in [0.05, 0.1) is 25.4 Å². The number of aliphatic hydroxyl groups excluding tert-OH is 5. The van der Waals surface area contributed by atoms with E-state index >= 15 is 0 Å². The first-order valence-corrected chi connectivity index (χ1v) is 21.0. The smallest absolute Gasteiger partial charge is 0.220 e. The lowest BCUT2D eigenvalue weighted by Crippen LogP contribution is -2.60. The highest BCUT2D eigenvalue weighted by Gasteiger charge is 2.44. The molecule has 1 heterocycles. The van der Waals surface area contributed by atoms with E-state index in [9.17, 15) is 30.3 Å². The summed E-state index contributed by atoms with van der Waals surface area (Å²) >= 11 is 0. The molecule has 6 N–H and O–H groups in total. The van der Waals surface area contributed by atoms with Gasteiger partial charge in [-0.25, -0.2) is 0 Å². The number of carbonyl (C=O) groups excluding carboxylic acids is 1. The summed E-state index contributed by atoms with van der Waals surface area (Å²) in [5.74, 6) is -0.235. The second-order valence-electron chi connectivity index (χ2n) is 14.4. The minimum Gasteiger partial charge on any atom is -0.394 e. The number of aliphatic hydroxyl groups is 5. The number of hydrogen-bond donors (Lipinski definition) is 6. The molecule has 7 atom stereocenters. The molecule has 2 unspecified atom stereocenters. The van der Waals surface area contributed by atoms with Crippen LogP contribution >= 0.6 is 0 Å². The summed E-state index contributed by atoms with van der Waals surface area (Å²) in [5.41, 5.74) is 0. The third-order valence-corrected chi connectivity index (χ3v) is 9.59. The van der Waals surface area contributed by atoms with Gasteiger partial charge in [0.25, 0.3) is 0 Å². The van der Waals surface area contributed by atoms with Crippen molar-refractivity contribution in [2.75, 3.05) is 13.2 Å². The van der Waals surface area contributed by atoms with Gasteiger partial charge >= 0.3 is 0 Å². The average Bonchev–Trinajstić information content (AvgIpc) is 3.16. The summed E-state index contributed by atoms with van der Waals surface area (Å²) in [4.78, 5) is 12.9. The lowest BCUT2D eigenvalue weighted by atomic mass is 9.99. The van der Waals surface area contributed by atoms with Crippen molar-refractivity contribution in [3.8, 4) is 0 Å². The van der Waals surface area contributed by atoms with Gasteiger partial charge in [-0.1, -0.05) is 152 Å². The molecule has 1 fully saturated rings. The van der Waals surface area contributed by atoms with Crippen molar-refractivity contribution in [1.82, 2.24) is 5.32 Å². The Morgan fingerprint density at radius 1 is 0.642 bits per heavy atom.